The minimum Gasteiger partial charge on any atom is -0.462 e. The van der Waals surface area contributed by atoms with E-state index in [0.717, 1.165) is 96.3 Å². The van der Waals surface area contributed by atoms with E-state index in [-0.39, 0.29) is 37.5 Å². The molecule has 0 saturated heterocycles. The summed E-state index contributed by atoms with van der Waals surface area (Å²) in [7, 11) is 0. The van der Waals surface area contributed by atoms with E-state index in [0.29, 0.717) is 19.3 Å². The molecule has 0 aromatic carbocycles. The maximum Gasteiger partial charge on any atom is 0.306 e. The van der Waals surface area contributed by atoms with Crippen LogP contribution in [0.5, 0.6) is 0 Å². The highest BCUT2D eigenvalue weighted by atomic mass is 16.6. The smallest absolute Gasteiger partial charge is 0.306 e. The first kappa shape index (κ1) is 56.6. The van der Waals surface area contributed by atoms with Gasteiger partial charge in [0, 0.05) is 19.3 Å². The van der Waals surface area contributed by atoms with Crippen molar-refractivity contribution in [3.05, 3.63) is 85.1 Å². The van der Waals surface area contributed by atoms with Crippen molar-refractivity contribution >= 4 is 17.9 Å². The number of allylic oxidation sites excluding steroid dienone is 14. The van der Waals surface area contributed by atoms with Gasteiger partial charge in [-0.15, -0.1) is 0 Å². The van der Waals surface area contributed by atoms with Gasteiger partial charge in [-0.3, -0.25) is 14.4 Å². The molecule has 0 saturated carbocycles. The zero-order valence-electron chi connectivity index (χ0n) is 38.9. The highest BCUT2D eigenvalue weighted by Crippen LogP contribution is 2.13. The third kappa shape index (κ3) is 45.7. The Morgan fingerprint density at radius 1 is 0.350 bits per heavy atom. The third-order valence-corrected chi connectivity index (χ3v) is 10.1. The van der Waals surface area contributed by atoms with E-state index < -0.39 is 6.10 Å². The number of rotatable bonds is 43. The topological polar surface area (TPSA) is 78.9 Å². The van der Waals surface area contributed by atoms with Crippen molar-refractivity contribution in [1.29, 1.82) is 0 Å². The molecule has 0 rings (SSSR count). The second-order valence-corrected chi connectivity index (χ2v) is 16.0. The minimum absolute atomic E-state index is 0.101. The first-order valence-corrected chi connectivity index (χ1v) is 24.6. The van der Waals surface area contributed by atoms with Gasteiger partial charge in [0.1, 0.15) is 13.2 Å². The van der Waals surface area contributed by atoms with Crippen LogP contribution in [0.25, 0.3) is 0 Å². The second-order valence-electron chi connectivity index (χ2n) is 16.0. The molecule has 0 spiro atoms. The molecule has 0 bridgehead atoms. The molecule has 0 aliphatic carbocycles. The summed E-state index contributed by atoms with van der Waals surface area (Å²) in [5.41, 5.74) is 0. The number of unbranched alkanes of at least 4 members (excludes halogenated alkanes) is 18. The molecular formula is C54H90O6. The molecule has 0 aromatic heterocycles. The van der Waals surface area contributed by atoms with Crippen molar-refractivity contribution in [2.24, 2.45) is 0 Å². The lowest BCUT2D eigenvalue weighted by atomic mass is 10.1. The molecule has 0 radical (unpaired) electrons. The van der Waals surface area contributed by atoms with Gasteiger partial charge in [0.05, 0.1) is 0 Å². The summed E-state index contributed by atoms with van der Waals surface area (Å²) in [4.78, 5) is 37.8. The molecule has 6 heteroatoms. The van der Waals surface area contributed by atoms with Gasteiger partial charge in [-0.2, -0.15) is 0 Å². The first-order valence-electron chi connectivity index (χ1n) is 24.6. The van der Waals surface area contributed by atoms with Gasteiger partial charge in [-0.1, -0.05) is 183 Å². The summed E-state index contributed by atoms with van der Waals surface area (Å²) in [6.45, 7) is 6.32. The van der Waals surface area contributed by atoms with Crippen molar-refractivity contribution in [3.8, 4) is 0 Å². The molecule has 60 heavy (non-hydrogen) atoms. The van der Waals surface area contributed by atoms with Crippen LogP contribution in [-0.4, -0.2) is 37.2 Å². The maximum atomic E-state index is 12.8. The summed E-state index contributed by atoms with van der Waals surface area (Å²) in [6.07, 6.45) is 61.5. The van der Waals surface area contributed by atoms with Crippen LogP contribution in [0.2, 0.25) is 0 Å². The Balaban J connectivity index is 4.43. The van der Waals surface area contributed by atoms with Gasteiger partial charge in [-0.05, 0) is 103 Å². The molecule has 0 N–H and O–H groups in total. The number of hydrogen-bond acceptors (Lipinski definition) is 6. The van der Waals surface area contributed by atoms with Crippen molar-refractivity contribution in [2.45, 2.75) is 226 Å². The van der Waals surface area contributed by atoms with Gasteiger partial charge >= 0.3 is 17.9 Å². The molecule has 0 amide bonds. The number of carbonyl (C=O) groups is 3. The van der Waals surface area contributed by atoms with Crippen molar-refractivity contribution in [3.63, 3.8) is 0 Å². The van der Waals surface area contributed by atoms with Gasteiger partial charge in [0.25, 0.3) is 0 Å². The Morgan fingerprint density at radius 2 is 0.667 bits per heavy atom. The first-order chi connectivity index (χ1) is 29.5. The van der Waals surface area contributed by atoms with E-state index in [1.165, 1.54) is 77.0 Å². The lowest BCUT2D eigenvalue weighted by molar-refractivity contribution is -0.167. The molecule has 0 fully saturated rings. The molecule has 1 unspecified atom stereocenters. The second kappa shape index (κ2) is 48.3. The van der Waals surface area contributed by atoms with Crippen LogP contribution in [0.1, 0.15) is 220 Å². The number of carbonyl (C=O) groups excluding carboxylic acids is 3. The SMILES string of the molecule is CC/C=C\C/C=C\C/C=C\CCCC(=O)OCC(COC(=O)CCCCCCCCC/C=C\C/C=C\CCCCC)OC(=O)CCCCCCCCC/C=C\C/C=C\CC. The van der Waals surface area contributed by atoms with E-state index in [4.69, 9.17) is 14.2 Å². The fraction of sp³-hybridized carbons (Fsp3) is 0.685. The van der Waals surface area contributed by atoms with Crippen LogP contribution in [0, 0.1) is 0 Å². The lowest BCUT2D eigenvalue weighted by Gasteiger charge is -2.18. The molecule has 0 heterocycles. The number of esters is 3. The van der Waals surface area contributed by atoms with Crippen molar-refractivity contribution in [2.75, 3.05) is 13.2 Å². The Kier molecular flexibility index (Phi) is 45.5. The summed E-state index contributed by atoms with van der Waals surface area (Å²) in [5.74, 6) is -0.977. The molecular weight excluding hydrogens is 745 g/mol. The average molecular weight is 835 g/mol. The highest BCUT2D eigenvalue weighted by Gasteiger charge is 2.19. The summed E-state index contributed by atoms with van der Waals surface area (Å²) in [6, 6.07) is 0. The van der Waals surface area contributed by atoms with Gasteiger partial charge in [-0.25, -0.2) is 0 Å². The number of hydrogen-bond donors (Lipinski definition) is 0. The van der Waals surface area contributed by atoms with Crippen LogP contribution in [0.3, 0.4) is 0 Å². The molecule has 1 atom stereocenters. The van der Waals surface area contributed by atoms with Crippen LogP contribution >= 0.6 is 0 Å². The average Bonchev–Trinajstić information content (AvgIpc) is 3.24. The molecule has 342 valence electrons. The molecule has 6 nitrogen and oxygen atoms in total. The number of ether oxygens (including phenoxy) is 3. The van der Waals surface area contributed by atoms with E-state index >= 15 is 0 Å². The molecule has 0 aliphatic rings. The van der Waals surface area contributed by atoms with E-state index in [1.54, 1.807) is 0 Å². The van der Waals surface area contributed by atoms with Crippen LogP contribution in [-0.2, 0) is 28.6 Å². The fourth-order valence-electron chi connectivity index (χ4n) is 6.47. The summed E-state index contributed by atoms with van der Waals surface area (Å²) < 4.78 is 16.7. The zero-order valence-corrected chi connectivity index (χ0v) is 38.9. The van der Waals surface area contributed by atoms with Gasteiger partial charge in [0.2, 0.25) is 0 Å². The normalized spacial score (nSPS) is 12.8. The Bertz CT molecular complexity index is 1190. The fourth-order valence-corrected chi connectivity index (χ4v) is 6.47. The monoisotopic (exact) mass is 835 g/mol. The predicted molar refractivity (Wildman–Crippen MR) is 256 cm³/mol. The van der Waals surface area contributed by atoms with E-state index in [1.807, 2.05) is 0 Å². The Hall–Kier alpha value is -3.41. The largest absolute Gasteiger partial charge is 0.462 e. The maximum absolute atomic E-state index is 12.8. The Labute approximate surface area is 369 Å². The van der Waals surface area contributed by atoms with Gasteiger partial charge < -0.3 is 14.2 Å². The van der Waals surface area contributed by atoms with E-state index in [2.05, 4.69) is 106 Å². The molecule has 0 aliphatic heterocycles. The Morgan fingerprint density at radius 3 is 1.08 bits per heavy atom. The molecule has 0 aromatic rings. The van der Waals surface area contributed by atoms with Crippen LogP contribution in [0.15, 0.2) is 85.1 Å². The lowest BCUT2D eigenvalue weighted by Crippen LogP contribution is -2.30. The quantitative estimate of drug-likeness (QED) is 0.0263. The summed E-state index contributed by atoms with van der Waals surface area (Å²) >= 11 is 0. The van der Waals surface area contributed by atoms with Crippen molar-refractivity contribution < 1.29 is 28.6 Å². The summed E-state index contributed by atoms with van der Waals surface area (Å²) in [5, 5.41) is 0. The minimum atomic E-state index is -0.803. The third-order valence-electron chi connectivity index (χ3n) is 10.1. The van der Waals surface area contributed by atoms with Gasteiger partial charge in [0.15, 0.2) is 6.10 Å². The highest BCUT2D eigenvalue weighted by molar-refractivity contribution is 5.71. The van der Waals surface area contributed by atoms with E-state index in [9.17, 15) is 14.4 Å². The predicted octanol–water partition coefficient (Wildman–Crippen LogP) is 16.0. The zero-order chi connectivity index (χ0) is 43.7. The standard InChI is InChI=1S/C54H90O6/c1-4-7-10-13-16-19-22-24-26-27-28-30-32-35-38-41-44-47-53(56)59-50-51(49-58-52(55)46-43-40-37-34-31-21-18-15-12-9-6-3)60-54(57)48-45-42-39-36-33-29-25-23-20-17-14-11-8-5-2/h8-9,11-12,16-21,24,26,34,37,51H,4-7,10,13-15,22-23,25,27-33,35-36,38-50H2,1-3H3/b11-8-,12-9-,19-16-,20-17-,21-18-,26-24-,37-34-. The van der Waals surface area contributed by atoms with Crippen LogP contribution < -0.4 is 0 Å². The van der Waals surface area contributed by atoms with Crippen LogP contribution in [0.4, 0.5) is 0 Å². The van der Waals surface area contributed by atoms with Crippen molar-refractivity contribution in [1.82, 2.24) is 0 Å².